The van der Waals surface area contributed by atoms with Crippen LogP contribution in [0, 0.1) is 13.8 Å². The van der Waals surface area contributed by atoms with Crippen molar-refractivity contribution >= 4 is 23.2 Å². The quantitative estimate of drug-likeness (QED) is 0.744. The lowest BCUT2D eigenvalue weighted by atomic mass is 9.93. The second kappa shape index (κ2) is 7.31. The molecule has 1 nitrogen and oxygen atoms in total. The molecule has 0 aliphatic rings. The summed E-state index contributed by atoms with van der Waals surface area (Å²) in [7, 11) is 0. The molecular formula is C18H21Cl2N. The van der Waals surface area contributed by atoms with Gasteiger partial charge in [-0.3, -0.25) is 0 Å². The molecule has 0 aromatic heterocycles. The summed E-state index contributed by atoms with van der Waals surface area (Å²) in [6, 6.07) is 12.4. The van der Waals surface area contributed by atoms with E-state index in [1.54, 1.807) is 6.07 Å². The molecule has 3 heteroatoms. The van der Waals surface area contributed by atoms with Crippen molar-refractivity contribution in [1.82, 2.24) is 5.32 Å². The Morgan fingerprint density at radius 3 is 2.24 bits per heavy atom. The van der Waals surface area contributed by atoms with Crippen LogP contribution in [0.3, 0.4) is 0 Å². The van der Waals surface area contributed by atoms with E-state index in [0.717, 1.165) is 18.5 Å². The average Bonchev–Trinajstić information content (AvgIpc) is 2.40. The van der Waals surface area contributed by atoms with Gasteiger partial charge in [0.2, 0.25) is 0 Å². The fourth-order valence-corrected chi connectivity index (χ4v) is 3.13. The summed E-state index contributed by atoms with van der Waals surface area (Å²) in [6.07, 6.45) is 1.08. The minimum atomic E-state index is 0.113. The van der Waals surface area contributed by atoms with Gasteiger partial charge in [-0.05, 0) is 61.7 Å². The molecule has 0 fully saturated rings. The Morgan fingerprint density at radius 2 is 1.67 bits per heavy atom. The van der Waals surface area contributed by atoms with Crippen molar-refractivity contribution in [1.29, 1.82) is 0 Å². The van der Waals surface area contributed by atoms with E-state index in [1.165, 1.54) is 16.7 Å². The highest BCUT2D eigenvalue weighted by molar-refractivity contribution is 6.34. The molecule has 0 aliphatic heterocycles. The Labute approximate surface area is 137 Å². The van der Waals surface area contributed by atoms with Gasteiger partial charge in [0, 0.05) is 10.0 Å². The molecule has 0 bridgehead atoms. The smallest absolute Gasteiger partial charge is 0.0580 e. The predicted molar refractivity (Wildman–Crippen MR) is 92.5 cm³/mol. The predicted octanol–water partition coefficient (Wildman–Crippen LogP) is 5.70. The van der Waals surface area contributed by atoms with Crippen molar-refractivity contribution in [2.75, 3.05) is 6.54 Å². The maximum atomic E-state index is 6.17. The third-order valence-electron chi connectivity index (χ3n) is 3.55. The SMILES string of the molecule is CCCNC(c1cc(Cl)cc(Cl)c1)c1ccc(C)cc1C. The molecule has 0 heterocycles. The standard InChI is InChI=1S/C18H21Cl2N/c1-4-7-21-18(14-9-15(19)11-16(20)10-14)17-6-5-12(2)8-13(17)3/h5-6,8-11,18,21H,4,7H2,1-3H3. The van der Waals surface area contributed by atoms with Crippen LogP contribution < -0.4 is 5.32 Å². The van der Waals surface area contributed by atoms with Gasteiger partial charge in [-0.1, -0.05) is 53.9 Å². The van der Waals surface area contributed by atoms with Crippen LogP contribution in [0.25, 0.3) is 0 Å². The van der Waals surface area contributed by atoms with Crippen LogP contribution >= 0.6 is 23.2 Å². The van der Waals surface area contributed by atoms with Gasteiger partial charge in [0.15, 0.2) is 0 Å². The van der Waals surface area contributed by atoms with Crippen molar-refractivity contribution in [2.45, 2.75) is 33.2 Å². The maximum Gasteiger partial charge on any atom is 0.0580 e. The number of hydrogen-bond donors (Lipinski definition) is 1. The van der Waals surface area contributed by atoms with Crippen LogP contribution in [-0.2, 0) is 0 Å². The first-order valence-corrected chi connectivity index (χ1v) is 8.03. The lowest BCUT2D eigenvalue weighted by molar-refractivity contribution is 0.596. The Morgan fingerprint density at radius 1 is 1.00 bits per heavy atom. The maximum absolute atomic E-state index is 6.17. The first kappa shape index (κ1) is 16.4. The fraction of sp³-hybridized carbons (Fsp3) is 0.333. The summed E-state index contributed by atoms with van der Waals surface area (Å²) in [5.41, 5.74) is 4.93. The van der Waals surface area contributed by atoms with E-state index in [2.05, 4.69) is 44.3 Å². The molecule has 21 heavy (non-hydrogen) atoms. The van der Waals surface area contributed by atoms with Gasteiger partial charge in [0.25, 0.3) is 0 Å². The van der Waals surface area contributed by atoms with Crippen molar-refractivity contribution in [3.63, 3.8) is 0 Å². The molecule has 0 spiro atoms. The van der Waals surface area contributed by atoms with Crippen molar-refractivity contribution in [3.8, 4) is 0 Å². The summed E-state index contributed by atoms with van der Waals surface area (Å²) < 4.78 is 0. The number of hydrogen-bond acceptors (Lipinski definition) is 1. The summed E-state index contributed by atoms with van der Waals surface area (Å²) in [5.74, 6) is 0. The average molecular weight is 322 g/mol. The van der Waals surface area contributed by atoms with Gasteiger partial charge in [0.1, 0.15) is 0 Å². The van der Waals surface area contributed by atoms with Crippen molar-refractivity contribution in [3.05, 3.63) is 68.7 Å². The zero-order chi connectivity index (χ0) is 15.4. The van der Waals surface area contributed by atoms with Gasteiger partial charge in [-0.15, -0.1) is 0 Å². The van der Waals surface area contributed by atoms with Gasteiger partial charge < -0.3 is 5.32 Å². The van der Waals surface area contributed by atoms with Crippen LogP contribution in [-0.4, -0.2) is 6.54 Å². The Kier molecular flexibility index (Phi) is 5.69. The van der Waals surface area contributed by atoms with Gasteiger partial charge >= 0.3 is 0 Å². The molecule has 1 N–H and O–H groups in total. The molecule has 2 aromatic rings. The first-order chi connectivity index (χ1) is 10.0. The number of rotatable bonds is 5. The molecular weight excluding hydrogens is 301 g/mol. The van der Waals surface area contributed by atoms with Crippen molar-refractivity contribution in [2.24, 2.45) is 0 Å². The number of aryl methyl sites for hydroxylation is 2. The monoisotopic (exact) mass is 321 g/mol. The third kappa shape index (κ3) is 4.23. The van der Waals surface area contributed by atoms with Crippen molar-refractivity contribution < 1.29 is 0 Å². The van der Waals surface area contributed by atoms with Crippen LogP contribution in [0.1, 0.15) is 41.6 Å². The van der Waals surface area contributed by atoms with E-state index in [0.29, 0.717) is 10.0 Å². The third-order valence-corrected chi connectivity index (χ3v) is 3.99. The molecule has 112 valence electrons. The first-order valence-electron chi connectivity index (χ1n) is 7.27. The van der Waals surface area contributed by atoms with Crippen LogP contribution in [0.4, 0.5) is 0 Å². The molecule has 0 saturated heterocycles. The summed E-state index contributed by atoms with van der Waals surface area (Å²) in [4.78, 5) is 0. The number of halogens is 2. The lowest BCUT2D eigenvalue weighted by Gasteiger charge is -2.22. The molecule has 0 radical (unpaired) electrons. The number of nitrogens with one attached hydrogen (secondary N) is 1. The topological polar surface area (TPSA) is 12.0 Å². The summed E-state index contributed by atoms with van der Waals surface area (Å²) in [6.45, 7) is 7.37. The minimum Gasteiger partial charge on any atom is -0.306 e. The Bertz CT molecular complexity index is 602. The summed E-state index contributed by atoms with van der Waals surface area (Å²) >= 11 is 12.3. The molecule has 2 aromatic carbocycles. The zero-order valence-electron chi connectivity index (χ0n) is 12.7. The highest BCUT2D eigenvalue weighted by Crippen LogP contribution is 2.30. The molecule has 1 unspecified atom stereocenters. The fourth-order valence-electron chi connectivity index (χ4n) is 2.59. The Balaban J connectivity index is 2.46. The van der Waals surface area contributed by atoms with E-state index in [9.17, 15) is 0 Å². The largest absolute Gasteiger partial charge is 0.306 e. The van der Waals surface area contributed by atoms with Crippen LogP contribution in [0.2, 0.25) is 10.0 Å². The van der Waals surface area contributed by atoms with Gasteiger partial charge in [-0.2, -0.15) is 0 Å². The molecule has 2 rings (SSSR count). The molecule has 0 saturated carbocycles. The second-order valence-corrected chi connectivity index (χ2v) is 6.32. The normalized spacial score (nSPS) is 12.4. The minimum absolute atomic E-state index is 0.113. The lowest BCUT2D eigenvalue weighted by Crippen LogP contribution is -2.24. The molecule has 0 aliphatic carbocycles. The zero-order valence-corrected chi connectivity index (χ0v) is 14.2. The summed E-state index contributed by atoms with van der Waals surface area (Å²) in [5, 5.41) is 4.94. The van der Waals surface area contributed by atoms with Gasteiger partial charge in [0.05, 0.1) is 6.04 Å². The number of benzene rings is 2. The molecule has 0 amide bonds. The van der Waals surface area contributed by atoms with E-state index >= 15 is 0 Å². The van der Waals surface area contributed by atoms with E-state index in [-0.39, 0.29) is 6.04 Å². The van der Waals surface area contributed by atoms with E-state index < -0.39 is 0 Å². The highest BCUT2D eigenvalue weighted by Gasteiger charge is 2.16. The van der Waals surface area contributed by atoms with Crippen LogP contribution in [0.5, 0.6) is 0 Å². The Hall–Kier alpha value is -1.02. The highest BCUT2D eigenvalue weighted by atomic mass is 35.5. The van der Waals surface area contributed by atoms with E-state index in [1.807, 2.05) is 12.1 Å². The molecule has 1 atom stereocenters. The van der Waals surface area contributed by atoms with Gasteiger partial charge in [-0.25, -0.2) is 0 Å². The van der Waals surface area contributed by atoms with E-state index in [4.69, 9.17) is 23.2 Å². The second-order valence-electron chi connectivity index (χ2n) is 5.45. The van der Waals surface area contributed by atoms with Crippen LogP contribution in [0.15, 0.2) is 36.4 Å².